The fraction of sp³-hybridized carbons (Fsp3) is 0.500. The minimum atomic E-state index is -1.09. The van der Waals surface area contributed by atoms with Crippen molar-refractivity contribution in [2.45, 2.75) is 25.9 Å². The Morgan fingerprint density at radius 1 is 1.50 bits per heavy atom. The van der Waals surface area contributed by atoms with Crippen LogP contribution in [0.2, 0.25) is 5.02 Å². The molecule has 0 saturated heterocycles. The molecule has 1 unspecified atom stereocenters. The van der Waals surface area contributed by atoms with Crippen molar-refractivity contribution in [3.8, 4) is 0 Å². The third kappa shape index (κ3) is 2.73. The van der Waals surface area contributed by atoms with Gasteiger partial charge in [-0.2, -0.15) is 0 Å². The smallest absolute Gasteiger partial charge is 0.145 e. The van der Waals surface area contributed by atoms with Crippen LogP contribution in [0.4, 0.5) is 4.39 Å². The number of hydrogen-bond acceptors (Lipinski definition) is 2. The third-order valence-corrected chi connectivity index (χ3v) is 3.25. The highest BCUT2D eigenvalue weighted by Gasteiger charge is 2.30. The summed E-state index contributed by atoms with van der Waals surface area (Å²) in [6, 6.07) is 4.76. The molecular weight excluding hydrogens is 229 g/mol. The lowest BCUT2D eigenvalue weighted by Crippen LogP contribution is -2.45. The summed E-state index contributed by atoms with van der Waals surface area (Å²) in [4.78, 5) is 0. The van der Waals surface area contributed by atoms with Gasteiger partial charge in [-0.25, -0.2) is 4.39 Å². The Balaban J connectivity index is 2.99. The van der Waals surface area contributed by atoms with Crippen molar-refractivity contribution in [2.75, 3.05) is 6.54 Å². The summed E-state index contributed by atoms with van der Waals surface area (Å²) in [5.41, 5.74) is 4.84. The van der Waals surface area contributed by atoms with E-state index >= 15 is 0 Å². The second-order valence-corrected chi connectivity index (χ2v) is 4.76. The molecule has 2 nitrogen and oxygen atoms in total. The molecule has 1 aromatic rings. The number of hydrogen-bond donors (Lipinski definition) is 2. The molecule has 0 aliphatic heterocycles. The molecule has 1 rings (SSSR count). The predicted molar refractivity (Wildman–Crippen MR) is 64.0 cm³/mol. The molecule has 0 aliphatic carbocycles. The average Bonchev–Trinajstić information content (AvgIpc) is 2.24. The quantitative estimate of drug-likeness (QED) is 0.856. The Morgan fingerprint density at radius 2 is 2.12 bits per heavy atom. The first kappa shape index (κ1) is 13.4. The molecule has 3 N–H and O–H groups in total. The van der Waals surface area contributed by atoms with Gasteiger partial charge in [-0.1, -0.05) is 37.6 Å². The Bertz CT molecular complexity index is 370. The predicted octanol–water partition coefficient (Wildman–Crippen LogP) is 2.37. The van der Waals surface area contributed by atoms with Crippen LogP contribution in [0.25, 0.3) is 0 Å². The molecule has 90 valence electrons. The third-order valence-electron chi connectivity index (χ3n) is 2.96. The molecule has 16 heavy (non-hydrogen) atoms. The molecule has 1 aromatic carbocycles. The van der Waals surface area contributed by atoms with Gasteiger partial charge in [0.1, 0.15) is 5.82 Å². The molecule has 0 aliphatic rings. The molecule has 0 radical (unpaired) electrons. The van der Waals surface area contributed by atoms with Gasteiger partial charge in [0.2, 0.25) is 0 Å². The molecule has 0 aromatic heterocycles. The van der Waals surface area contributed by atoms with E-state index in [1.165, 1.54) is 6.07 Å². The zero-order valence-corrected chi connectivity index (χ0v) is 10.3. The summed E-state index contributed by atoms with van der Waals surface area (Å²) in [5, 5.41) is 10.3. The van der Waals surface area contributed by atoms with Crippen molar-refractivity contribution in [2.24, 2.45) is 11.7 Å². The zero-order valence-electron chi connectivity index (χ0n) is 9.50. The molecule has 1 atom stereocenters. The van der Waals surface area contributed by atoms with Gasteiger partial charge < -0.3 is 10.8 Å². The summed E-state index contributed by atoms with van der Waals surface area (Å²) in [7, 11) is 0. The van der Waals surface area contributed by atoms with E-state index in [0.717, 1.165) is 0 Å². The number of nitrogens with two attached hydrogens (primary N) is 1. The van der Waals surface area contributed by atoms with Gasteiger partial charge in [0.25, 0.3) is 0 Å². The first-order valence-corrected chi connectivity index (χ1v) is 5.64. The molecule has 0 amide bonds. The lowest BCUT2D eigenvalue weighted by molar-refractivity contribution is 0.00338. The van der Waals surface area contributed by atoms with Crippen LogP contribution in [0.15, 0.2) is 18.2 Å². The van der Waals surface area contributed by atoms with Crippen molar-refractivity contribution >= 4 is 11.6 Å². The minimum absolute atomic E-state index is 0.0455. The number of benzene rings is 1. The van der Waals surface area contributed by atoms with Gasteiger partial charge in [-0.15, -0.1) is 0 Å². The van der Waals surface area contributed by atoms with Gasteiger partial charge in [0.15, 0.2) is 0 Å². The molecule has 0 saturated carbocycles. The molecular formula is C12H17ClFNO. The van der Waals surface area contributed by atoms with Crippen LogP contribution in [0.5, 0.6) is 0 Å². The normalized spacial score (nSPS) is 15.2. The van der Waals surface area contributed by atoms with Gasteiger partial charge in [0.05, 0.1) is 10.6 Å². The van der Waals surface area contributed by atoms with Crippen molar-refractivity contribution < 1.29 is 9.50 Å². The van der Waals surface area contributed by atoms with E-state index in [1.807, 2.05) is 13.8 Å². The first-order chi connectivity index (χ1) is 7.40. The number of halogens is 2. The lowest BCUT2D eigenvalue weighted by Gasteiger charge is -2.31. The average molecular weight is 246 g/mol. The molecule has 4 heteroatoms. The summed E-state index contributed by atoms with van der Waals surface area (Å²) in [6.45, 7) is 3.81. The van der Waals surface area contributed by atoms with E-state index in [0.29, 0.717) is 5.56 Å². The number of aliphatic hydroxyl groups is 1. The maximum Gasteiger partial charge on any atom is 0.145 e. The van der Waals surface area contributed by atoms with Crippen molar-refractivity contribution in [1.29, 1.82) is 0 Å². The lowest BCUT2D eigenvalue weighted by atomic mass is 9.84. The highest BCUT2D eigenvalue weighted by molar-refractivity contribution is 6.30. The Kier molecular flexibility index (Phi) is 4.30. The monoisotopic (exact) mass is 245 g/mol. The topological polar surface area (TPSA) is 46.2 Å². The second kappa shape index (κ2) is 5.13. The second-order valence-electron chi connectivity index (χ2n) is 4.35. The van der Waals surface area contributed by atoms with E-state index in [9.17, 15) is 9.50 Å². The van der Waals surface area contributed by atoms with E-state index in [-0.39, 0.29) is 23.9 Å². The number of rotatable bonds is 4. The van der Waals surface area contributed by atoms with Crippen molar-refractivity contribution in [3.63, 3.8) is 0 Å². The highest BCUT2D eigenvalue weighted by Crippen LogP contribution is 2.25. The fourth-order valence-electron chi connectivity index (χ4n) is 1.53. The van der Waals surface area contributed by atoms with Crippen LogP contribution in [-0.4, -0.2) is 17.3 Å². The van der Waals surface area contributed by atoms with Crippen molar-refractivity contribution in [3.05, 3.63) is 34.6 Å². The Labute approximate surface area is 100 Å². The first-order valence-electron chi connectivity index (χ1n) is 5.26. The van der Waals surface area contributed by atoms with Crippen LogP contribution in [-0.2, 0) is 6.42 Å². The minimum Gasteiger partial charge on any atom is -0.388 e. The van der Waals surface area contributed by atoms with E-state index < -0.39 is 11.4 Å². The van der Waals surface area contributed by atoms with Crippen LogP contribution < -0.4 is 5.73 Å². The molecule has 0 fully saturated rings. The van der Waals surface area contributed by atoms with Crippen LogP contribution in [0.1, 0.15) is 19.4 Å². The summed E-state index contributed by atoms with van der Waals surface area (Å²) in [5.74, 6) is -0.521. The SMILES string of the molecule is CC(C)C(O)(CN)Cc1cccc(Cl)c1F. The molecule has 0 heterocycles. The fourth-order valence-corrected chi connectivity index (χ4v) is 1.72. The summed E-state index contributed by atoms with van der Waals surface area (Å²) < 4.78 is 13.6. The van der Waals surface area contributed by atoms with Gasteiger partial charge in [0, 0.05) is 13.0 Å². The maximum atomic E-state index is 13.6. The Hall–Kier alpha value is -0.640. The standard InChI is InChI=1S/C12H17ClFNO/c1-8(2)12(16,7-15)6-9-4-3-5-10(13)11(9)14/h3-5,8,16H,6-7,15H2,1-2H3. The van der Waals surface area contributed by atoms with Crippen LogP contribution in [0, 0.1) is 11.7 Å². The van der Waals surface area contributed by atoms with Crippen LogP contribution >= 0.6 is 11.6 Å². The molecule has 0 spiro atoms. The summed E-state index contributed by atoms with van der Waals surface area (Å²) >= 11 is 5.68. The van der Waals surface area contributed by atoms with E-state index in [4.69, 9.17) is 17.3 Å². The van der Waals surface area contributed by atoms with Crippen molar-refractivity contribution in [1.82, 2.24) is 0 Å². The van der Waals surface area contributed by atoms with Gasteiger partial charge in [-0.3, -0.25) is 0 Å². The molecule has 0 bridgehead atoms. The zero-order chi connectivity index (χ0) is 12.3. The highest BCUT2D eigenvalue weighted by atomic mass is 35.5. The largest absolute Gasteiger partial charge is 0.388 e. The van der Waals surface area contributed by atoms with Gasteiger partial charge >= 0.3 is 0 Å². The van der Waals surface area contributed by atoms with Crippen LogP contribution in [0.3, 0.4) is 0 Å². The van der Waals surface area contributed by atoms with E-state index in [1.54, 1.807) is 12.1 Å². The van der Waals surface area contributed by atoms with Gasteiger partial charge in [-0.05, 0) is 17.5 Å². The maximum absolute atomic E-state index is 13.6. The summed E-state index contributed by atoms with van der Waals surface area (Å²) in [6.07, 6.45) is 0.174. The Morgan fingerprint density at radius 3 is 2.62 bits per heavy atom. The van der Waals surface area contributed by atoms with E-state index in [2.05, 4.69) is 0 Å².